The highest BCUT2D eigenvalue weighted by molar-refractivity contribution is 7.80. The summed E-state index contributed by atoms with van der Waals surface area (Å²) in [7, 11) is 0. The van der Waals surface area contributed by atoms with Crippen LogP contribution in [0.25, 0.3) is 5.69 Å². The smallest absolute Gasteiger partial charge is 0.186 e. The number of nitrogens with one attached hydrogen (secondary N) is 2. The molecule has 0 aliphatic rings. The van der Waals surface area contributed by atoms with Crippen LogP contribution in [-0.2, 0) is 0 Å². The third-order valence-electron chi connectivity index (χ3n) is 3.84. The molecule has 2 rings (SSSR count). The fourth-order valence-electron chi connectivity index (χ4n) is 2.78. The van der Waals surface area contributed by atoms with E-state index >= 15 is 0 Å². The molecule has 0 fully saturated rings. The number of aryl methyl sites for hydroxylation is 3. The van der Waals surface area contributed by atoms with Gasteiger partial charge in [-0.3, -0.25) is 5.43 Å². The van der Waals surface area contributed by atoms with Gasteiger partial charge in [-0.15, -0.1) is 0 Å². The molecule has 2 aromatic rings. The summed E-state index contributed by atoms with van der Waals surface area (Å²) >= 11 is 5.10. The van der Waals surface area contributed by atoms with Gasteiger partial charge in [-0.2, -0.15) is 5.10 Å². The summed E-state index contributed by atoms with van der Waals surface area (Å²) in [6.07, 6.45) is 1.82. The normalized spacial score (nSPS) is 11.0. The molecule has 23 heavy (non-hydrogen) atoms. The van der Waals surface area contributed by atoms with E-state index in [1.165, 1.54) is 28.2 Å². The first kappa shape index (κ1) is 17.2. The minimum atomic E-state index is 0.535. The van der Waals surface area contributed by atoms with E-state index in [1.807, 2.05) is 13.1 Å². The van der Waals surface area contributed by atoms with Gasteiger partial charge in [-0.25, -0.2) is 0 Å². The molecule has 1 heterocycles. The number of hydrogen-bond donors (Lipinski definition) is 2. The highest BCUT2D eigenvalue weighted by Gasteiger charge is 2.13. The van der Waals surface area contributed by atoms with Gasteiger partial charge in [0.15, 0.2) is 5.11 Å². The minimum Gasteiger partial charge on any atom is -0.362 e. The predicted octanol–water partition coefficient (Wildman–Crippen LogP) is 3.53. The lowest BCUT2D eigenvalue weighted by Gasteiger charge is -2.15. The van der Waals surface area contributed by atoms with Crippen LogP contribution in [0.2, 0.25) is 0 Å². The lowest BCUT2D eigenvalue weighted by Crippen LogP contribution is -2.31. The molecule has 0 unspecified atom stereocenters. The molecule has 1 aromatic carbocycles. The Bertz CT molecular complexity index is 723. The quantitative estimate of drug-likeness (QED) is 0.512. The van der Waals surface area contributed by atoms with Crippen molar-refractivity contribution >= 4 is 23.5 Å². The van der Waals surface area contributed by atoms with Crippen LogP contribution in [0.4, 0.5) is 0 Å². The summed E-state index contributed by atoms with van der Waals surface area (Å²) < 4.78 is 2.29. The highest BCUT2D eigenvalue weighted by Crippen LogP contribution is 2.25. The number of thiocarbonyl (C=S) groups is 1. The Morgan fingerprint density at radius 1 is 1.22 bits per heavy atom. The molecule has 0 amide bonds. The van der Waals surface area contributed by atoms with Crippen molar-refractivity contribution in [2.45, 2.75) is 34.6 Å². The van der Waals surface area contributed by atoms with Crippen molar-refractivity contribution in [3.8, 4) is 5.69 Å². The molecule has 0 bridgehead atoms. The molecule has 0 aliphatic heterocycles. The molecule has 1 aromatic heterocycles. The van der Waals surface area contributed by atoms with Crippen LogP contribution in [0.5, 0.6) is 0 Å². The highest BCUT2D eigenvalue weighted by atomic mass is 32.1. The maximum Gasteiger partial charge on any atom is 0.186 e. The standard InChI is InChI=1S/C18H24N4S/c1-6-19-18(23)21-20-11-16-10-14(4)22(15(16)5)17-12(2)8-7-9-13(17)3/h7-11H,6H2,1-5H3,(H2,19,21,23)/b20-11-. The second kappa shape index (κ2) is 7.42. The monoisotopic (exact) mass is 328 g/mol. The average Bonchev–Trinajstić information content (AvgIpc) is 2.75. The molecule has 2 N–H and O–H groups in total. The first-order valence-electron chi connectivity index (χ1n) is 7.78. The average molecular weight is 328 g/mol. The molecule has 4 nitrogen and oxygen atoms in total. The number of nitrogens with zero attached hydrogens (tertiary/aromatic N) is 2. The van der Waals surface area contributed by atoms with Crippen LogP contribution < -0.4 is 10.7 Å². The number of hydrogen-bond acceptors (Lipinski definition) is 2. The van der Waals surface area contributed by atoms with Crippen LogP contribution >= 0.6 is 12.2 Å². The van der Waals surface area contributed by atoms with Gasteiger partial charge in [-0.1, -0.05) is 18.2 Å². The van der Waals surface area contributed by atoms with E-state index in [0.717, 1.165) is 12.1 Å². The van der Waals surface area contributed by atoms with Crippen molar-refractivity contribution in [1.82, 2.24) is 15.3 Å². The Balaban J connectivity index is 2.34. The SMILES string of the molecule is CCNC(=S)N/N=C\c1cc(C)n(-c2c(C)cccc2C)c1C. The zero-order chi connectivity index (χ0) is 17.0. The van der Waals surface area contributed by atoms with Crippen molar-refractivity contribution in [3.05, 3.63) is 52.3 Å². The number of rotatable bonds is 4. The molecular weight excluding hydrogens is 304 g/mol. The Hall–Kier alpha value is -2.14. The van der Waals surface area contributed by atoms with E-state index in [1.54, 1.807) is 0 Å². The molecule has 122 valence electrons. The number of hydrazone groups is 1. The summed E-state index contributed by atoms with van der Waals surface area (Å²) in [5.41, 5.74) is 10.0. The van der Waals surface area contributed by atoms with E-state index in [-0.39, 0.29) is 0 Å². The Labute approximate surface area is 143 Å². The third-order valence-corrected chi connectivity index (χ3v) is 4.08. The van der Waals surface area contributed by atoms with Gasteiger partial charge in [0.05, 0.1) is 11.9 Å². The largest absolute Gasteiger partial charge is 0.362 e. The van der Waals surface area contributed by atoms with Gasteiger partial charge in [-0.05, 0) is 64.0 Å². The molecular formula is C18H24N4S. The van der Waals surface area contributed by atoms with Crippen molar-refractivity contribution in [2.75, 3.05) is 6.54 Å². The molecule has 0 atom stereocenters. The van der Waals surface area contributed by atoms with Crippen LogP contribution in [0.15, 0.2) is 29.4 Å². The fraction of sp³-hybridized carbons (Fsp3) is 0.333. The van der Waals surface area contributed by atoms with Gasteiger partial charge in [0.25, 0.3) is 0 Å². The second-order valence-electron chi connectivity index (χ2n) is 5.63. The maximum absolute atomic E-state index is 5.10. The van der Waals surface area contributed by atoms with Gasteiger partial charge < -0.3 is 9.88 Å². The van der Waals surface area contributed by atoms with Gasteiger partial charge >= 0.3 is 0 Å². The summed E-state index contributed by atoms with van der Waals surface area (Å²) in [6, 6.07) is 8.52. The van der Waals surface area contributed by atoms with E-state index in [2.05, 4.69) is 72.4 Å². The zero-order valence-electron chi connectivity index (χ0n) is 14.4. The number of para-hydroxylation sites is 1. The molecule has 5 heteroatoms. The van der Waals surface area contributed by atoms with E-state index in [4.69, 9.17) is 12.2 Å². The zero-order valence-corrected chi connectivity index (χ0v) is 15.2. The maximum atomic E-state index is 5.10. The van der Waals surface area contributed by atoms with Crippen LogP contribution in [0.1, 0.15) is 35.0 Å². The fourth-order valence-corrected chi connectivity index (χ4v) is 2.98. The van der Waals surface area contributed by atoms with E-state index in [9.17, 15) is 0 Å². The number of benzene rings is 1. The topological polar surface area (TPSA) is 41.4 Å². The van der Waals surface area contributed by atoms with Crippen LogP contribution in [-0.4, -0.2) is 22.4 Å². The summed E-state index contributed by atoms with van der Waals surface area (Å²) in [6.45, 7) is 11.3. The Kier molecular flexibility index (Phi) is 5.55. The molecule has 0 aliphatic carbocycles. The van der Waals surface area contributed by atoms with Gasteiger partial charge in [0, 0.05) is 23.5 Å². The lowest BCUT2D eigenvalue weighted by molar-refractivity contribution is 0.903. The first-order chi connectivity index (χ1) is 11.0. The van der Waals surface area contributed by atoms with Crippen LogP contribution in [0, 0.1) is 27.7 Å². The van der Waals surface area contributed by atoms with Crippen molar-refractivity contribution in [2.24, 2.45) is 5.10 Å². The number of aromatic nitrogens is 1. The van der Waals surface area contributed by atoms with Crippen molar-refractivity contribution in [3.63, 3.8) is 0 Å². The summed E-state index contributed by atoms with van der Waals surface area (Å²) in [5, 5.41) is 7.76. The molecule has 0 spiro atoms. The molecule has 0 saturated heterocycles. The van der Waals surface area contributed by atoms with Crippen LogP contribution in [0.3, 0.4) is 0 Å². The van der Waals surface area contributed by atoms with Crippen molar-refractivity contribution in [1.29, 1.82) is 0 Å². The molecule has 0 saturated carbocycles. The van der Waals surface area contributed by atoms with Gasteiger partial charge in [0.1, 0.15) is 0 Å². The second-order valence-corrected chi connectivity index (χ2v) is 6.04. The van der Waals surface area contributed by atoms with E-state index in [0.29, 0.717) is 5.11 Å². The third kappa shape index (κ3) is 3.79. The van der Waals surface area contributed by atoms with E-state index < -0.39 is 0 Å². The predicted molar refractivity (Wildman–Crippen MR) is 102 cm³/mol. The summed E-state index contributed by atoms with van der Waals surface area (Å²) in [4.78, 5) is 0. The minimum absolute atomic E-state index is 0.535. The van der Waals surface area contributed by atoms with Crippen molar-refractivity contribution < 1.29 is 0 Å². The summed E-state index contributed by atoms with van der Waals surface area (Å²) in [5.74, 6) is 0. The lowest BCUT2D eigenvalue weighted by atomic mass is 10.1. The molecule has 0 radical (unpaired) electrons. The van der Waals surface area contributed by atoms with Gasteiger partial charge in [0.2, 0.25) is 0 Å². The Morgan fingerprint density at radius 3 is 2.48 bits per heavy atom. The first-order valence-corrected chi connectivity index (χ1v) is 8.19. The Morgan fingerprint density at radius 2 is 1.87 bits per heavy atom.